The van der Waals surface area contributed by atoms with E-state index in [0.29, 0.717) is 10.6 Å². The Bertz CT molecular complexity index is 928. The number of aryl methyl sites for hydroxylation is 3. The summed E-state index contributed by atoms with van der Waals surface area (Å²) in [7, 11) is 0. The van der Waals surface area contributed by atoms with Gasteiger partial charge in [0.1, 0.15) is 6.54 Å². The summed E-state index contributed by atoms with van der Waals surface area (Å²) in [5.74, 6) is -0.847. The minimum Gasteiger partial charge on any atom is -0.325 e. The number of amides is 3. The number of carbonyl (C=O) groups is 3. The van der Waals surface area contributed by atoms with E-state index in [-0.39, 0.29) is 6.54 Å². The van der Waals surface area contributed by atoms with Gasteiger partial charge < -0.3 is 5.32 Å². The number of hydrogen-bond acceptors (Lipinski definition) is 4. The second kappa shape index (κ2) is 7.80. The maximum atomic E-state index is 12.5. The maximum absolute atomic E-state index is 12.5. The van der Waals surface area contributed by atoms with Crippen molar-refractivity contribution in [2.45, 2.75) is 20.8 Å². The summed E-state index contributed by atoms with van der Waals surface area (Å²) in [4.78, 5) is 38.3. The molecule has 2 aromatic carbocycles. The minimum atomic E-state index is -0.443. The molecular weight excluding hydrogens is 360 g/mol. The molecule has 1 N–H and O–H groups in total. The van der Waals surface area contributed by atoms with E-state index in [0.717, 1.165) is 38.9 Å². The molecule has 3 amide bonds. The number of carbonyl (C=O) groups excluding carboxylic acids is 3. The fourth-order valence-corrected chi connectivity index (χ4v) is 3.68. The first-order valence-corrected chi connectivity index (χ1v) is 9.33. The van der Waals surface area contributed by atoms with Gasteiger partial charge in [-0.15, -0.1) is 0 Å². The van der Waals surface area contributed by atoms with E-state index in [1.165, 1.54) is 0 Å². The third-order valence-electron chi connectivity index (χ3n) is 4.06. The predicted octanol–water partition coefficient (Wildman–Crippen LogP) is 4.29. The number of hydrogen-bond donors (Lipinski definition) is 1. The number of anilines is 1. The minimum absolute atomic E-state index is 0.303. The molecule has 5 nitrogen and oxygen atoms in total. The van der Waals surface area contributed by atoms with Gasteiger partial charge in [0.05, 0.1) is 4.91 Å². The number of rotatable bonds is 4. The van der Waals surface area contributed by atoms with E-state index in [1.54, 1.807) is 6.08 Å². The molecule has 2 aromatic rings. The summed E-state index contributed by atoms with van der Waals surface area (Å²) in [6, 6.07) is 13.3. The number of nitrogens with zero attached hydrogens (tertiary/aromatic N) is 1. The van der Waals surface area contributed by atoms with E-state index in [9.17, 15) is 14.4 Å². The fourth-order valence-electron chi connectivity index (χ4n) is 2.84. The van der Waals surface area contributed by atoms with Crippen molar-refractivity contribution in [2.24, 2.45) is 0 Å². The second-order valence-electron chi connectivity index (χ2n) is 6.60. The van der Waals surface area contributed by atoms with Crippen LogP contribution in [0.25, 0.3) is 6.08 Å². The van der Waals surface area contributed by atoms with Gasteiger partial charge in [-0.25, -0.2) is 0 Å². The third kappa shape index (κ3) is 4.65. The molecule has 1 aliphatic heterocycles. The zero-order valence-electron chi connectivity index (χ0n) is 15.4. The first-order chi connectivity index (χ1) is 12.8. The van der Waals surface area contributed by atoms with Gasteiger partial charge in [0, 0.05) is 5.69 Å². The average Bonchev–Trinajstić information content (AvgIpc) is 2.83. The lowest BCUT2D eigenvalue weighted by Crippen LogP contribution is -2.36. The van der Waals surface area contributed by atoms with Crippen molar-refractivity contribution in [3.8, 4) is 0 Å². The summed E-state index contributed by atoms with van der Waals surface area (Å²) >= 11 is 0.853. The first-order valence-electron chi connectivity index (χ1n) is 8.52. The summed E-state index contributed by atoms with van der Waals surface area (Å²) in [6.45, 7) is 5.55. The van der Waals surface area contributed by atoms with Crippen molar-refractivity contribution in [1.29, 1.82) is 0 Å². The van der Waals surface area contributed by atoms with Crippen molar-refractivity contribution < 1.29 is 14.4 Å². The Hall–Kier alpha value is -2.86. The number of nitrogens with one attached hydrogen (secondary N) is 1. The molecule has 0 aromatic heterocycles. The molecule has 1 aliphatic rings. The molecule has 6 heteroatoms. The van der Waals surface area contributed by atoms with Crippen molar-refractivity contribution in [3.05, 3.63) is 69.6 Å². The average molecular weight is 380 g/mol. The molecule has 0 radical (unpaired) electrons. The molecule has 1 fully saturated rings. The highest BCUT2D eigenvalue weighted by Gasteiger charge is 2.36. The molecule has 0 spiro atoms. The summed E-state index contributed by atoms with van der Waals surface area (Å²) in [6.07, 6.45) is 1.67. The molecule has 0 aliphatic carbocycles. The van der Waals surface area contributed by atoms with Gasteiger partial charge in [-0.3, -0.25) is 19.3 Å². The lowest BCUT2D eigenvalue weighted by Gasteiger charge is -2.13. The SMILES string of the molecule is Cc1ccc(/C=C2/SC(=O)N(CC(=O)Nc3cc(C)cc(C)c3)C2=O)cc1. The van der Waals surface area contributed by atoms with Crippen molar-refractivity contribution >= 4 is 40.6 Å². The Labute approximate surface area is 162 Å². The highest BCUT2D eigenvalue weighted by atomic mass is 32.2. The van der Waals surface area contributed by atoms with Gasteiger partial charge in [-0.2, -0.15) is 0 Å². The van der Waals surface area contributed by atoms with Gasteiger partial charge in [0.2, 0.25) is 5.91 Å². The largest absolute Gasteiger partial charge is 0.325 e. The van der Waals surface area contributed by atoms with Gasteiger partial charge in [-0.05, 0) is 67.4 Å². The molecular formula is C21H20N2O3S. The molecule has 3 rings (SSSR count). The van der Waals surface area contributed by atoms with Crippen LogP contribution in [0.2, 0.25) is 0 Å². The monoisotopic (exact) mass is 380 g/mol. The highest BCUT2D eigenvalue weighted by Crippen LogP contribution is 2.32. The van der Waals surface area contributed by atoms with Crippen LogP contribution in [0.15, 0.2) is 47.4 Å². The second-order valence-corrected chi connectivity index (χ2v) is 7.60. The Morgan fingerprint density at radius 1 is 1.00 bits per heavy atom. The van der Waals surface area contributed by atoms with E-state index >= 15 is 0 Å². The Morgan fingerprint density at radius 3 is 2.26 bits per heavy atom. The van der Waals surface area contributed by atoms with Crippen molar-refractivity contribution in [2.75, 3.05) is 11.9 Å². The van der Waals surface area contributed by atoms with Crippen LogP contribution in [0.5, 0.6) is 0 Å². The van der Waals surface area contributed by atoms with Gasteiger partial charge in [-0.1, -0.05) is 35.9 Å². The standard InChI is InChI=1S/C21H20N2O3S/c1-13-4-6-16(7-5-13)11-18-20(25)23(21(26)27-18)12-19(24)22-17-9-14(2)8-15(3)10-17/h4-11H,12H2,1-3H3,(H,22,24)/b18-11+. The van der Waals surface area contributed by atoms with Crippen molar-refractivity contribution in [3.63, 3.8) is 0 Å². The normalized spacial score (nSPS) is 15.5. The topological polar surface area (TPSA) is 66.5 Å². The molecule has 27 heavy (non-hydrogen) atoms. The Kier molecular flexibility index (Phi) is 5.46. The smallest absolute Gasteiger partial charge is 0.294 e. The predicted molar refractivity (Wildman–Crippen MR) is 108 cm³/mol. The molecule has 0 saturated carbocycles. The lowest BCUT2D eigenvalue weighted by atomic mass is 10.1. The third-order valence-corrected chi connectivity index (χ3v) is 4.96. The summed E-state index contributed by atoms with van der Waals surface area (Å²) < 4.78 is 0. The van der Waals surface area contributed by atoms with Crippen LogP contribution in [-0.2, 0) is 9.59 Å². The van der Waals surface area contributed by atoms with E-state index in [1.807, 2.05) is 63.2 Å². The van der Waals surface area contributed by atoms with Gasteiger partial charge in [0.25, 0.3) is 11.1 Å². The van der Waals surface area contributed by atoms with E-state index in [4.69, 9.17) is 0 Å². The highest BCUT2D eigenvalue weighted by molar-refractivity contribution is 8.18. The van der Waals surface area contributed by atoms with Crippen LogP contribution < -0.4 is 5.32 Å². The van der Waals surface area contributed by atoms with Crippen LogP contribution in [0.1, 0.15) is 22.3 Å². The van der Waals surface area contributed by atoms with Gasteiger partial charge >= 0.3 is 0 Å². The number of thioether (sulfide) groups is 1. The molecule has 0 atom stereocenters. The van der Waals surface area contributed by atoms with Crippen LogP contribution in [0.4, 0.5) is 10.5 Å². The summed E-state index contributed by atoms with van der Waals surface area (Å²) in [5.41, 5.74) is 4.66. The Balaban J connectivity index is 1.69. The molecule has 138 valence electrons. The van der Waals surface area contributed by atoms with Crippen LogP contribution >= 0.6 is 11.8 Å². The zero-order chi connectivity index (χ0) is 19.6. The quantitative estimate of drug-likeness (QED) is 0.804. The van der Waals surface area contributed by atoms with Crippen LogP contribution in [0, 0.1) is 20.8 Å². The van der Waals surface area contributed by atoms with E-state index < -0.39 is 17.1 Å². The number of imide groups is 1. The molecule has 0 unspecified atom stereocenters. The Morgan fingerprint density at radius 2 is 1.63 bits per heavy atom. The number of benzene rings is 2. The summed E-state index contributed by atoms with van der Waals surface area (Å²) in [5, 5.41) is 2.31. The van der Waals surface area contributed by atoms with Crippen molar-refractivity contribution in [1.82, 2.24) is 4.90 Å². The van der Waals surface area contributed by atoms with Crippen LogP contribution in [-0.4, -0.2) is 28.5 Å². The molecule has 1 saturated heterocycles. The maximum Gasteiger partial charge on any atom is 0.294 e. The molecule has 1 heterocycles. The molecule has 0 bridgehead atoms. The van der Waals surface area contributed by atoms with E-state index in [2.05, 4.69) is 5.32 Å². The lowest BCUT2D eigenvalue weighted by molar-refractivity contribution is -0.127. The first kappa shape index (κ1) is 18.9. The fraction of sp³-hybridized carbons (Fsp3) is 0.190. The van der Waals surface area contributed by atoms with Gasteiger partial charge in [0.15, 0.2) is 0 Å². The zero-order valence-corrected chi connectivity index (χ0v) is 16.2. The van der Waals surface area contributed by atoms with Crippen LogP contribution in [0.3, 0.4) is 0 Å².